The van der Waals surface area contributed by atoms with E-state index in [0.29, 0.717) is 23.3 Å². The Balaban J connectivity index is 2.49. The Bertz CT molecular complexity index is 654. The highest BCUT2D eigenvalue weighted by molar-refractivity contribution is 7.92. The van der Waals surface area contributed by atoms with E-state index in [4.69, 9.17) is 9.88 Å². The molecular weight excluding hydrogens is 304 g/mol. The van der Waals surface area contributed by atoms with Gasteiger partial charge in [0.05, 0.1) is 19.3 Å². The summed E-state index contributed by atoms with van der Waals surface area (Å²) < 4.78 is 25.0. The van der Waals surface area contributed by atoms with Gasteiger partial charge < -0.3 is 4.74 Å². The molecular formula is C13H26N4O2SSi. The summed E-state index contributed by atoms with van der Waals surface area (Å²) in [6.45, 7) is 13.9. The van der Waals surface area contributed by atoms with Crippen LogP contribution in [0.3, 0.4) is 0 Å². The van der Waals surface area contributed by atoms with E-state index in [-0.39, 0.29) is 5.04 Å². The van der Waals surface area contributed by atoms with Crippen LogP contribution >= 0.6 is 0 Å². The standard InChI is InChI=1S/C13H26N4O2SSi/c1-10-8-17-12(19-9-10)11(7-15-17)20(14,18)16-21(5,6)13(2,3)4/h7,10H,8-9H2,1-6H3,(H2,14,16,18)/t10-,20?/m1/s1. The molecule has 0 spiro atoms. The van der Waals surface area contributed by atoms with Gasteiger partial charge in [-0.15, -0.1) is 0 Å². The fourth-order valence-electron chi connectivity index (χ4n) is 1.93. The second-order valence-corrected chi connectivity index (χ2v) is 14.3. The van der Waals surface area contributed by atoms with Gasteiger partial charge in [0.2, 0.25) is 5.88 Å². The van der Waals surface area contributed by atoms with E-state index >= 15 is 0 Å². The highest BCUT2D eigenvalue weighted by Gasteiger charge is 2.38. The molecule has 120 valence electrons. The first kappa shape index (κ1) is 16.5. The van der Waals surface area contributed by atoms with Crippen LogP contribution in [-0.2, 0) is 16.5 Å². The predicted molar refractivity (Wildman–Crippen MR) is 87.1 cm³/mol. The van der Waals surface area contributed by atoms with Crippen molar-refractivity contribution in [3.63, 3.8) is 0 Å². The minimum Gasteiger partial charge on any atom is -0.477 e. The molecule has 0 saturated carbocycles. The summed E-state index contributed by atoms with van der Waals surface area (Å²) in [6.07, 6.45) is 1.55. The van der Waals surface area contributed by atoms with E-state index in [1.54, 1.807) is 10.9 Å². The summed E-state index contributed by atoms with van der Waals surface area (Å²) in [5, 5.41) is 10.3. The molecule has 1 aliphatic rings. The second-order valence-electron chi connectivity index (χ2n) is 7.38. The summed E-state index contributed by atoms with van der Waals surface area (Å²) in [5.74, 6) is 0.902. The van der Waals surface area contributed by atoms with E-state index in [1.165, 1.54) is 0 Å². The molecule has 1 aliphatic heterocycles. The van der Waals surface area contributed by atoms with Crippen LogP contribution in [0, 0.1) is 5.92 Å². The van der Waals surface area contributed by atoms with Crippen molar-refractivity contribution >= 4 is 18.2 Å². The van der Waals surface area contributed by atoms with Crippen molar-refractivity contribution < 1.29 is 8.95 Å². The second kappa shape index (κ2) is 5.10. The van der Waals surface area contributed by atoms with Crippen LogP contribution in [0.1, 0.15) is 27.7 Å². The summed E-state index contributed by atoms with van der Waals surface area (Å²) in [4.78, 5) is 0.430. The normalized spacial score (nSPS) is 22.1. The van der Waals surface area contributed by atoms with Crippen LogP contribution in [0.2, 0.25) is 18.1 Å². The molecule has 0 fully saturated rings. The van der Waals surface area contributed by atoms with Crippen LogP contribution in [0.4, 0.5) is 0 Å². The van der Waals surface area contributed by atoms with Gasteiger partial charge >= 0.3 is 0 Å². The SMILES string of the molecule is C[C@H]1COc2c(S(N)(=O)=N[Si](C)(C)C(C)(C)C)cnn2C1. The molecule has 6 nitrogen and oxygen atoms in total. The third kappa shape index (κ3) is 3.17. The zero-order valence-corrected chi connectivity index (χ0v) is 15.5. The fourth-order valence-corrected chi connectivity index (χ4v) is 6.74. The van der Waals surface area contributed by atoms with Crippen molar-refractivity contribution in [3.05, 3.63) is 6.20 Å². The topological polar surface area (TPSA) is 82.5 Å². The monoisotopic (exact) mass is 330 g/mol. The molecule has 1 unspecified atom stereocenters. The summed E-state index contributed by atoms with van der Waals surface area (Å²) >= 11 is 0. The molecule has 0 amide bonds. The van der Waals surface area contributed by atoms with Crippen molar-refractivity contribution in [1.29, 1.82) is 0 Å². The van der Waals surface area contributed by atoms with Gasteiger partial charge in [-0.25, -0.2) is 14.0 Å². The maximum absolute atomic E-state index is 13.0. The Kier molecular flexibility index (Phi) is 4.01. The van der Waals surface area contributed by atoms with Crippen molar-refractivity contribution in [1.82, 2.24) is 9.78 Å². The van der Waals surface area contributed by atoms with Crippen molar-refractivity contribution in [2.24, 2.45) is 15.1 Å². The highest BCUT2D eigenvalue weighted by atomic mass is 32.2. The lowest BCUT2D eigenvalue weighted by Gasteiger charge is -2.32. The average molecular weight is 331 g/mol. The van der Waals surface area contributed by atoms with E-state index in [0.717, 1.165) is 6.54 Å². The zero-order valence-electron chi connectivity index (χ0n) is 13.7. The minimum atomic E-state index is -2.99. The van der Waals surface area contributed by atoms with E-state index in [1.807, 2.05) is 0 Å². The van der Waals surface area contributed by atoms with Crippen molar-refractivity contribution in [2.45, 2.75) is 57.3 Å². The molecule has 8 heteroatoms. The predicted octanol–water partition coefficient (Wildman–Crippen LogP) is 2.62. The minimum absolute atomic E-state index is 0.0162. The number of ether oxygens (including phenoxy) is 1. The molecule has 2 N–H and O–H groups in total. The number of hydrogen-bond donors (Lipinski definition) is 1. The first-order valence-electron chi connectivity index (χ1n) is 7.19. The average Bonchev–Trinajstić information content (AvgIpc) is 2.69. The number of aromatic nitrogens is 2. The lowest BCUT2D eigenvalue weighted by atomic mass is 10.2. The number of nitrogens with two attached hydrogens (primary N) is 1. The Morgan fingerprint density at radius 2 is 2.14 bits per heavy atom. The number of rotatable bonds is 2. The van der Waals surface area contributed by atoms with Gasteiger partial charge in [0, 0.05) is 5.92 Å². The maximum atomic E-state index is 13.0. The maximum Gasteiger partial charge on any atom is 0.230 e. The van der Waals surface area contributed by atoms with Gasteiger partial charge in [-0.1, -0.05) is 27.7 Å². The van der Waals surface area contributed by atoms with Gasteiger partial charge in [-0.2, -0.15) is 5.10 Å². The van der Waals surface area contributed by atoms with Crippen LogP contribution in [0.25, 0.3) is 0 Å². The molecule has 0 saturated heterocycles. The highest BCUT2D eigenvalue weighted by Crippen LogP contribution is 2.38. The number of nitrogens with zero attached hydrogens (tertiary/aromatic N) is 3. The van der Waals surface area contributed by atoms with Gasteiger partial charge in [-0.3, -0.25) is 4.03 Å². The van der Waals surface area contributed by atoms with Crippen molar-refractivity contribution in [3.8, 4) is 5.88 Å². The van der Waals surface area contributed by atoms with Gasteiger partial charge in [0.1, 0.15) is 14.8 Å². The third-order valence-corrected chi connectivity index (χ3v) is 11.8. The Morgan fingerprint density at radius 1 is 1.52 bits per heavy atom. The Hall–Kier alpha value is -0.863. The lowest BCUT2D eigenvalue weighted by Crippen LogP contribution is -2.37. The number of fused-ring (bicyclic) bond motifs is 1. The smallest absolute Gasteiger partial charge is 0.230 e. The molecule has 2 heterocycles. The molecule has 21 heavy (non-hydrogen) atoms. The molecule has 0 aromatic carbocycles. The van der Waals surface area contributed by atoms with E-state index in [9.17, 15) is 4.21 Å². The van der Waals surface area contributed by atoms with Gasteiger partial charge in [-0.05, 0) is 18.1 Å². The Morgan fingerprint density at radius 3 is 2.71 bits per heavy atom. The molecule has 1 aromatic rings. The molecule has 0 aliphatic carbocycles. The van der Waals surface area contributed by atoms with Gasteiger partial charge in [0.15, 0.2) is 8.24 Å². The van der Waals surface area contributed by atoms with Crippen LogP contribution in [0.15, 0.2) is 15.1 Å². The third-order valence-electron chi connectivity index (χ3n) is 4.26. The van der Waals surface area contributed by atoms with E-state index < -0.39 is 18.2 Å². The zero-order chi connectivity index (χ0) is 16.1. The van der Waals surface area contributed by atoms with Crippen LogP contribution in [0.5, 0.6) is 5.88 Å². The first-order chi connectivity index (χ1) is 9.44. The molecule has 1 aromatic heterocycles. The van der Waals surface area contributed by atoms with Gasteiger partial charge in [0.25, 0.3) is 0 Å². The fraction of sp³-hybridized carbons (Fsp3) is 0.769. The Labute approximate surface area is 128 Å². The summed E-state index contributed by atoms with van der Waals surface area (Å²) in [5.41, 5.74) is 0. The largest absolute Gasteiger partial charge is 0.477 e. The summed E-state index contributed by atoms with van der Waals surface area (Å²) in [7, 11) is -5.11. The lowest BCUT2D eigenvalue weighted by molar-refractivity contribution is 0.171. The van der Waals surface area contributed by atoms with Crippen LogP contribution < -0.4 is 9.88 Å². The molecule has 2 atom stereocenters. The molecule has 0 radical (unpaired) electrons. The number of hydrogen-bond acceptors (Lipinski definition) is 4. The summed E-state index contributed by atoms with van der Waals surface area (Å²) in [6, 6.07) is 0. The quantitative estimate of drug-likeness (QED) is 0.846. The van der Waals surface area contributed by atoms with Crippen molar-refractivity contribution in [2.75, 3.05) is 6.61 Å². The van der Waals surface area contributed by atoms with Crippen LogP contribution in [-0.4, -0.2) is 28.8 Å². The molecule has 0 bridgehead atoms. The first-order valence-corrected chi connectivity index (χ1v) is 11.7. The molecule has 2 rings (SSSR count). The van der Waals surface area contributed by atoms with E-state index in [2.05, 4.69) is 49.9 Å².